The molecule has 4 heteroatoms. The normalized spacial score (nSPS) is 10.8. The van der Waals surface area contributed by atoms with Crippen molar-refractivity contribution in [3.63, 3.8) is 0 Å². The van der Waals surface area contributed by atoms with Crippen LogP contribution in [-0.4, -0.2) is 29.4 Å². The molecule has 0 atom stereocenters. The van der Waals surface area contributed by atoms with E-state index in [2.05, 4.69) is 0 Å². The molecule has 0 aliphatic rings. The minimum atomic E-state index is -0.267. The van der Waals surface area contributed by atoms with Gasteiger partial charge in [0.1, 0.15) is 11.6 Å². The molecule has 0 saturated heterocycles. The largest absolute Gasteiger partial charge is 0.508 e. The summed E-state index contributed by atoms with van der Waals surface area (Å²) in [4.78, 5) is 13.9. The van der Waals surface area contributed by atoms with E-state index in [0.717, 1.165) is 5.56 Å². The first-order chi connectivity index (χ1) is 9.54. The maximum absolute atomic E-state index is 12.8. The molecule has 0 aliphatic carbocycles. The number of phenolic OH excluding ortho intramolecular Hbond substituents is 1. The summed E-state index contributed by atoms with van der Waals surface area (Å²) in [5.74, 6) is -0.146. The highest BCUT2D eigenvalue weighted by Crippen LogP contribution is 2.11. The number of ketones is 1. The third-order valence-corrected chi connectivity index (χ3v) is 2.97. The summed E-state index contributed by atoms with van der Waals surface area (Å²) >= 11 is 0. The van der Waals surface area contributed by atoms with Crippen molar-refractivity contribution in [1.82, 2.24) is 4.90 Å². The molecule has 0 fully saturated rings. The van der Waals surface area contributed by atoms with Crippen LogP contribution in [0.5, 0.6) is 5.75 Å². The molecule has 104 valence electrons. The Morgan fingerprint density at radius 2 is 1.70 bits per heavy atom. The molecule has 0 saturated carbocycles. The fraction of sp³-hybridized carbons (Fsp3) is 0.188. The summed E-state index contributed by atoms with van der Waals surface area (Å²) in [5, 5.41) is 9.19. The van der Waals surface area contributed by atoms with E-state index in [9.17, 15) is 14.3 Å². The zero-order valence-corrected chi connectivity index (χ0v) is 11.2. The number of hydrogen-bond acceptors (Lipinski definition) is 3. The van der Waals surface area contributed by atoms with E-state index in [-0.39, 0.29) is 23.9 Å². The molecule has 2 rings (SSSR count). The maximum atomic E-state index is 12.8. The number of carbonyl (C=O) groups excluding carboxylic acids is 1. The first kappa shape index (κ1) is 14.2. The lowest BCUT2D eigenvalue weighted by atomic mass is 10.1. The molecule has 0 radical (unpaired) electrons. The highest BCUT2D eigenvalue weighted by molar-refractivity contribution is 5.97. The molecule has 0 aliphatic heterocycles. The van der Waals surface area contributed by atoms with Gasteiger partial charge in [-0.3, -0.25) is 9.69 Å². The molecule has 0 amide bonds. The van der Waals surface area contributed by atoms with E-state index >= 15 is 0 Å². The molecule has 20 heavy (non-hydrogen) atoms. The van der Waals surface area contributed by atoms with Gasteiger partial charge in [0.15, 0.2) is 5.78 Å². The lowest BCUT2D eigenvalue weighted by Gasteiger charge is -2.15. The first-order valence-electron chi connectivity index (χ1n) is 6.30. The number of likely N-dealkylation sites (N-methyl/N-ethyl adjacent to an activating group) is 1. The summed E-state index contributed by atoms with van der Waals surface area (Å²) < 4.78 is 12.8. The number of benzene rings is 2. The Labute approximate surface area is 117 Å². The second-order valence-electron chi connectivity index (χ2n) is 4.77. The zero-order chi connectivity index (χ0) is 14.5. The van der Waals surface area contributed by atoms with Gasteiger partial charge in [-0.2, -0.15) is 0 Å². The highest BCUT2D eigenvalue weighted by atomic mass is 19.1. The minimum Gasteiger partial charge on any atom is -0.508 e. The highest BCUT2D eigenvalue weighted by Gasteiger charge is 2.09. The Hall–Kier alpha value is -2.20. The quantitative estimate of drug-likeness (QED) is 0.852. The van der Waals surface area contributed by atoms with Crippen LogP contribution in [0.3, 0.4) is 0 Å². The topological polar surface area (TPSA) is 40.5 Å². The molecule has 0 unspecified atom stereocenters. The number of rotatable bonds is 5. The van der Waals surface area contributed by atoms with Gasteiger partial charge in [-0.15, -0.1) is 0 Å². The smallest absolute Gasteiger partial charge is 0.176 e. The van der Waals surface area contributed by atoms with Gasteiger partial charge in [-0.25, -0.2) is 4.39 Å². The first-order valence-corrected chi connectivity index (χ1v) is 6.30. The van der Waals surface area contributed by atoms with Crippen LogP contribution >= 0.6 is 0 Å². The summed E-state index contributed by atoms with van der Waals surface area (Å²) in [6, 6.07) is 12.4. The van der Waals surface area contributed by atoms with Crippen molar-refractivity contribution in [1.29, 1.82) is 0 Å². The van der Waals surface area contributed by atoms with Gasteiger partial charge in [-0.1, -0.05) is 12.1 Å². The number of nitrogens with zero attached hydrogens (tertiary/aromatic N) is 1. The van der Waals surface area contributed by atoms with Crippen molar-refractivity contribution in [3.05, 3.63) is 65.5 Å². The molecular weight excluding hydrogens is 257 g/mol. The van der Waals surface area contributed by atoms with Gasteiger partial charge in [0, 0.05) is 12.1 Å². The number of hydrogen-bond donors (Lipinski definition) is 1. The van der Waals surface area contributed by atoms with Crippen molar-refractivity contribution in [2.45, 2.75) is 6.54 Å². The van der Waals surface area contributed by atoms with Gasteiger partial charge in [-0.05, 0) is 49.0 Å². The number of carbonyl (C=O) groups is 1. The third kappa shape index (κ3) is 3.90. The number of phenols is 1. The Balaban J connectivity index is 1.93. The van der Waals surface area contributed by atoms with Crippen LogP contribution < -0.4 is 0 Å². The molecule has 0 heterocycles. The SMILES string of the molecule is CN(CC(=O)c1ccc(O)cc1)Cc1ccc(F)cc1. The molecule has 2 aromatic carbocycles. The van der Waals surface area contributed by atoms with Crippen LogP contribution in [0.15, 0.2) is 48.5 Å². The van der Waals surface area contributed by atoms with Crippen molar-refractivity contribution >= 4 is 5.78 Å². The van der Waals surface area contributed by atoms with Gasteiger partial charge < -0.3 is 5.11 Å². The monoisotopic (exact) mass is 273 g/mol. The number of Topliss-reactive ketones (excluding diaryl/α,β-unsaturated/α-hetero) is 1. The Morgan fingerprint density at radius 1 is 1.10 bits per heavy atom. The lowest BCUT2D eigenvalue weighted by Crippen LogP contribution is -2.25. The minimum absolute atomic E-state index is 0.0189. The van der Waals surface area contributed by atoms with E-state index in [0.29, 0.717) is 12.1 Å². The molecule has 2 aromatic rings. The molecular formula is C16H16FNO2. The Morgan fingerprint density at radius 3 is 2.30 bits per heavy atom. The average molecular weight is 273 g/mol. The second kappa shape index (κ2) is 6.30. The van der Waals surface area contributed by atoms with Crippen LogP contribution in [-0.2, 0) is 6.54 Å². The molecule has 0 bridgehead atoms. The van der Waals surface area contributed by atoms with E-state index in [1.54, 1.807) is 24.3 Å². The van der Waals surface area contributed by atoms with E-state index in [1.807, 2.05) is 11.9 Å². The fourth-order valence-corrected chi connectivity index (χ4v) is 1.94. The Bertz CT molecular complexity index is 578. The average Bonchev–Trinajstić information content (AvgIpc) is 2.42. The van der Waals surface area contributed by atoms with Gasteiger partial charge >= 0.3 is 0 Å². The van der Waals surface area contributed by atoms with E-state index < -0.39 is 0 Å². The van der Waals surface area contributed by atoms with Gasteiger partial charge in [0.25, 0.3) is 0 Å². The third-order valence-electron chi connectivity index (χ3n) is 2.97. The van der Waals surface area contributed by atoms with Crippen LogP contribution in [0.25, 0.3) is 0 Å². The van der Waals surface area contributed by atoms with Gasteiger partial charge in [0.2, 0.25) is 0 Å². The van der Waals surface area contributed by atoms with E-state index in [1.165, 1.54) is 24.3 Å². The van der Waals surface area contributed by atoms with Crippen molar-refractivity contribution < 1.29 is 14.3 Å². The van der Waals surface area contributed by atoms with Crippen LogP contribution in [0, 0.1) is 5.82 Å². The number of aromatic hydroxyl groups is 1. The predicted octanol–water partition coefficient (Wildman–Crippen LogP) is 2.85. The number of halogens is 1. The maximum Gasteiger partial charge on any atom is 0.176 e. The second-order valence-corrected chi connectivity index (χ2v) is 4.77. The van der Waals surface area contributed by atoms with Crippen LogP contribution in [0.1, 0.15) is 15.9 Å². The van der Waals surface area contributed by atoms with Crippen molar-refractivity contribution in [3.8, 4) is 5.75 Å². The lowest BCUT2D eigenvalue weighted by molar-refractivity contribution is 0.0943. The Kier molecular flexibility index (Phi) is 4.48. The summed E-state index contributed by atoms with van der Waals surface area (Å²) in [6.45, 7) is 0.840. The molecule has 0 aromatic heterocycles. The van der Waals surface area contributed by atoms with Gasteiger partial charge in [0.05, 0.1) is 6.54 Å². The van der Waals surface area contributed by atoms with Crippen LogP contribution in [0.2, 0.25) is 0 Å². The fourth-order valence-electron chi connectivity index (χ4n) is 1.94. The van der Waals surface area contributed by atoms with Crippen LogP contribution in [0.4, 0.5) is 4.39 Å². The summed E-state index contributed by atoms with van der Waals surface area (Å²) in [5.41, 5.74) is 1.51. The predicted molar refractivity (Wildman–Crippen MR) is 75.2 cm³/mol. The van der Waals surface area contributed by atoms with Crippen molar-refractivity contribution in [2.75, 3.05) is 13.6 Å². The van der Waals surface area contributed by atoms with Crippen molar-refractivity contribution in [2.24, 2.45) is 0 Å². The van der Waals surface area contributed by atoms with E-state index in [4.69, 9.17) is 0 Å². The molecule has 0 spiro atoms. The molecule has 3 nitrogen and oxygen atoms in total. The summed E-state index contributed by atoms with van der Waals surface area (Å²) in [6.07, 6.45) is 0. The summed E-state index contributed by atoms with van der Waals surface area (Å²) in [7, 11) is 1.83. The zero-order valence-electron chi connectivity index (χ0n) is 11.2. The molecule has 1 N–H and O–H groups in total. The standard InChI is InChI=1S/C16H16FNO2/c1-18(10-12-2-6-14(17)7-3-12)11-16(20)13-4-8-15(19)9-5-13/h2-9,19H,10-11H2,1H3.